The van der Waals surface area contributed by atoms with Crippen LogP contribution in [0.5, 0.6) is 0 Å². The first-order chi connectivity index (χ1) is 8.45. The van der Waals surface area contributed by atoms with E-state index in [0.29, 0.717) is 12.2 Å². The van der Waals surface area contributed by atoms with Gasteiger partial charge in [0.25, 0.3) is 0 Å². The van der Waals surface area contributed by atoms with Crippen molar-refractivity contribution >= 4 is 11.8 Å². The lowest BCUT2D eigenvalue weighted by atomic mass is 9.54. The van der Waals surface area contributed by atoms with E-state index in [1.54, 1.807) is 0 Å². The summed E-state index contributed by atoms with van der Waals surface area (Å²) in [6.45, 7) is 8.13. The second kappa shape index (κ2) is 3.69. The van der Waals surface area contributed by atoms with Crippen LogP contribution in [0.2, 0.25) is 0 Å². The van der Waals surface area contributed by atoms with Gasteiger partial charge in [0.1, 0.15) is 11.9 Å². The predicted octanol–water partition coefficient (Wildman–Crippen LogP) is 2.50. The molecule has 2 aliphatic carbocycles. The molecule has 1 heterocycles. The molecule has 0 aromatic carbocycles. The zero-order valence-corrected chi connectivity index (χ0v) is 11.1. The van der Waals surface area contributed by atoms with Crippen LogP contribution < -0.4 is 0 Å². The van der Waals surface area contributed by atoms with Gasteiger partial charge in [-0.15, -0.1) is 0 Å². The fourth-order valence-electron chi connectivity index (χ4n) is 4.21. The number of rotatable bonds is 0. The first-order valence-corrected chi connectivity index (χ1v) is 6.86. The number of esters is 1. The van der Waals surface area contributed by atoms with Crippen molar-refractivity contribution < 1.29 is 14.3 Å². The van der Waals surface area contributed by atoms with Crippen molar-refractivity contribution in [2.45, 2.75) is 45.6 Å². The smallest absolute Gasteiger partial charge is 0.309 e. The Morgan fingerprint density at radius 3 is 2.78 bits per heavy atom. The van der Waals surface area contributed by atoms with Gasteiger partial charge in [-0.25, -0.2) is 0 Å². The van der Waals surface area contributed by atoms with E-state index in [0.717, 1.165) is 24.8 Å². The van der Waals surface area contributed by atoms with Crippen molar-refractivity contribution in [1.29, 1.82) is 0 Å². The van der Waals surface area contributed by atoms with E-state index in [1.807, 2.05) is 13.8 Å². The van der Waals surface area contributed by atoms with E-state index >= 15 is 0 Å². The highest BCUT2D eigenvalue weighted by molar-refractivity contribution is 5.87. The standard InChI is InChI=1S/C15H20O3/c1-8-4-5-11(16)15(3)7-6-10-9(2)14(17)18-13(10)12(8)15/h9-10,12-13H,1,4-7H2,2-3H3/t9-,10-,12+,13-,15-/m0/s1. The predicted molar refractivity (Wildman–Crippen MR) is 66.7 cm³/mol. The van der Waals surface area contributed by atoms with Gasteiger partial charge in [-0.05, 0) is 19.3 Å². The Kier molecular flexibility index (Phi) is 2.45. The fraction of sp³-hybridized carbons (Fsp3) is 0.733. The number of carbonyl (C=O) groups is 2. The monoisotopic (exact) mass is 248 g/mol. The average Bonchev–Trinajstić information content (AvgIpc) is 2.60. The van der Waals surface area contributed by atoms with Gasteiger partial charge in [0.15, 0.2) is 0 Å². The van der Waals surface area contributed by atoms with Crippen LogP contribution in [0.3, 0.4) is 0 Å². The molecule has 5 atom stereocenters. The van der Waals surface area contributed by atoms with E-state index in [4.69, 9.17) is 4.74 Å². The Balaban J connectivity index is 2.00. The Hall–Kier alpha value is -1.12. The molecule has 18 heavy (non-hydrogen) atoms. The minimum atomic E-state index is -0.346. The SMILES string of the molecule is C=C1CCC(=O)[C@]2(C)CC[C@@H]3[C@H](OC(=O)[C@H]3C)[C@@H]12. The molecule has 0 radical (unpaired) electrons. The highest BCUT2D eigenvalue weighted by atomic mass is 16.6. The second-order valence-electron chi connectivity index (χ2n) is 6.37. The number of ether oxygens (including phenoxy) is 1. The Bertz CT molecular complexity index is 439. The highest BCUT2D eigenvalue weighted by Gasteiger charge is 2.58. The lowest BCUT2D eigenvalue weighted by Crippen LogP contribution is -2.51. The number of Topliss-reactive ketones (excluding diaryl/α,β-unsaturated/α-hetero) is 1. The minimum Gasteiger partial charge on any atom is -0.461 e. The molecule has 0 spiro atoms. The normalized spacial score (nSPS) is 47.6. The summed E-state index contributed by atoms with van der Waals surface area (Å²) in [7, 11) is 0. The molecule has 3 fully saturated rings. The summed E-state index contributed by atoms with van der Waals surface area (Å²) >= 11 is 0. The molecule has 0 amide bonds. The van der Waals surface area contributed by atoms with Gasteiger partial charge >= 0.3 is 5.97 Å². The zero-order chi connectivity index (χ0) is 13.1. The van der Waals surface area contributed by atoms with Crippen LogP contribution in [0, 0.1) is 23.2 Å². The lowest BCUT2D eigenvalue weighted by Gasteiger charge is -2.49. The average molecular weight is 248 g/mol. The molecular weight excluding hydrogens is 228 g/mol. The molecule has 3 nitrogen and oxygen atoms in total. The molecule has 3 rings (SSSR count). The summed E-state index contributed by atoms with van der Waals surface area (Å²) in [5.41, 5.74) is 0.759. The van der Waals surface area contributed by atoms with Crippen molar-refractivity contribution in [3.8, 4) is 0 Å². The number of hydrogen-bond donors (Lipinski definition) is 0. The second-order valence-corrected chi connectivity index (χ2v) is 6.37. The van der Waals surface area contributed by atoms with Crippen LogP contribution in [-0.2, 0) is 14.3 Å². The van der Waals surface area contributed by atoms with Gasteiger partial charge in [0.2, 0.25) is 0 Å². The molecule has 98 valence electrons. The van der Waals surface area contributed by atoms with Gasteiger partial charge in [-0.1, -0.05) is 26.0 Å². The molecular formula is C15H20O3. The van der Waals surface area contributed by atoms with Crippen LogP contribution in [0.15, 0.2) is 12.2 Å². The molecule has 2 saturated carbocycles. The quantitative estimate of drug-likeness (QED) is 0.488. The third-order valence-corrected chi connectivity index (χ3v) is 5.45. The van der Waals surface area contributed by atoms with E-state index < -0.39 is 0 Å². The molecule has 1 saturated heterocycles. The lowest BCUT2D eigenvalue weighted by molar-refractivity contribution is -0.152. The van der Waals surface area contributed by atoms with E-state index in [2.05, 4.69) is 6.58 Å². The first-order valence-electron chi connectivity index (χ1n) is 6.86. The van der Waals surface area contributed by atoms with Gasteiger partial charge in [-0.3, -0.25) is 9.59 Å². The first kappa shape index (κ1) is 11.9. The van der Waals surface area contributed by atoms with E-state index in [-0.39, 0.29) is 35.2 Å². The van der Waals surface area contributed by atoms with Gasteiger partial charge < -0.3 is 4.74 Å². The molecule has 3 aliphatic rings. The van der Waals surface area contributed by atoms with Crippen LogP contribution in [0.25, 0.3) is 0 Å². The molecule has 0 unspecified atom stereocenters. The van der Waals surface area contributed by atoms with E-state index in [1.165, 1.54) is 0 Å². The summed E-state index contributed by atoms with van der Waals surface area (Å²) in [4.78, 5) is 24.0. The van der Waals surface area contributed by atoms with Gasteiger partial charge in [0.05, 0.1) is 5.92 Å². The maximum absolute atomic E-state index is 12.3. The number of ketones is 1. The summed E-state index contributed by atoms with van der Waals surface area (Å²) < 4.78 is 5.58. The zero-order valence-electron chi connectivity index (χ0n) is 11.1. The maximum Gasteiger partial charge on any atom is 0.309 e. The van der Waals surface area contributed by atoms with Gasteiger partial charge in [0, 0.05) is 23.7 Å². The summed E-state index contributed by atoms with van der Waals surface area (Å²) in [5.74, 6) is 0.531. The number of carbonyl (C=O) groups excluding carboxylic acids is 2. The Labute approximate surface area is 108 Å². The highest BCUT2D eigenvalue weighted by Crippen LogP contribution is 2.55. The van der Waals surface area contributed by atoms with Crippen LogP contribution in [0.4, 0.5) is 0 Å². The molecule has 0 aromatic rings. The topological polar surface area (TPSA) is 43.4 Å². The fourth-order valence-corrected chi connectivity index (χ4v) is 4.21. The van der Waals surface area contributed by atoms with Gasteiger partial charge in [-0.2, -0.15) is 0 Å². The summed E-state index contributed by atoms with van der Waals surface area (Å²) in [5, 5.41) is 0. The summed E-state index contributed by atoms with van der Waals surface area (Å²) in [6.07, 6.45) is 3.05. The third-order valence-electron chi connectivity index (χ3n) is 5.45. The van der Waals surface area contributed by atoms with Crippen molar-refractivity contribution in [2.75, 3.05) is 0 Å². The Morgan fingerprint density at radius 1 is 1.33 bits per heavy atom. The number of fused-ring (bicyclic) bond motifs is 3. The molecule has 0 bridgehead atoms. The largest absolute Gasteiger partial charge is 0.461 e. The van der Waals surface area contributed by atoms with Crippen molar-refractivity contribution in [2.24, 2.45) is 23.2 Å². The number of hydrogen-bond acceptors (Lipinski definition) is 3. The van der Waals surface area contributed by atoms with Crippen LogP contribution in [-0.4, -0.2) is 17.9 Å². The van der Waals surface area contributed by atoms with Crippen LogP contribution in [0.1, 0.15) is 39.5 Å². The molecule has 0 aromatic heterocycles. The Morgan fingerprint density at radius 2 is 2.06 bits per heavy atom. The van der Waals surface area contributed by atoms with Crippen molar-refractivity contribution in [3.63, 3.8) is 0 Å². The summed E-state index contributed by atoms with van der Waals surface area (Å²) in [6, 6.07) is 0. The third kappa shape index (κ3) is 1.36. The van der Waals surface area contributed by atoms with Crippen molar-refractivity contribution in [1.82, 2.24) is 0 Å². The molecule has 0 N–H and O–H groups in total. The molecule has 3 heteroatoms. The van der Waals surface area contributed by atoms with Crippen molar-refractivity contribution in [3.05, 3.63) is 12.2 Å². The van der Waals surface area contributed by atoms with Crippen LogP contribution >= 0.6 is 0 Å². The maximum atomic E-state index is 12.3. The van der Waals surface area contributed by atoms with E-state index in [9.17, 15) is 9.59 Å². The minimum absolute atomic E-state index is 0.0237. The molecule has 1 aliphatic heterocycles.